The van der Waals surface area contributed by atoms with Gasteiger partial charge in [-0.2, -0.15) is 0 Å². The Balaban J connectivity index is 2.36. The van der Waals surface area contributed by atoms with Crippen LogP contribution in [-0.4, -0.2) is 29.3 Å². The fourth-order valence-corrected chi connectivity index (χ4v) is 2.25. The van der Waals surface area contributed by atoms with E-state index >= 15 is 0 Å². The van der Waals surface area contributed by atoms with Gasteiger partial charge < -0.3 is 15.5 Å². The van der Waals surface area contributed by atoms with E-state index in [4.69, 9.17) is 10.2 Å². The molecule has 0 atom stereocenters. The molecule has 3 N–H and O–H groups in total. The van der Waals surface area contributed by atoms with Gasteiger partial charge in [0.2, 0.25) is 5.91 Å². The van der Waals surface area contributed by atoms with Crippen LogP contribution in [0.2, 0.25) is 0 Å². The van der Waals surface area contributed by atoms with Crippen LogP contribution in [0.1, 0.15) is 49.1 Å². The van der Waals surface area contributed by atoms with Crippen molar-refractivity contribution in [2.45, 2.75) is 39.2 Å². The third kappa shape index (κ3) is 3.07. The highest BCUT2D eigenvalue weighted by Gasteiger charge is 2.31. The van der Waals surface area contributed by atoms with Crippen molar-refractivity contribution in [1.29, 1.82) is 0 Å². The SMILES string of the molecule is CC(C)(C)c1oc(C(N)=O)cc1CN1C(=O)CCNC1=O. The minimum atomic E-state index is -0.679. The summed E-state index contributed by atoms with van der Waals surface area (Å²) in [5, 5.41) is 2.61. The molecular formula is C14H19N3O4. The van der Waals surface area contributed by atoms with E-state index < -0.39 is 11.9 Å². The lowest BCUT2D eigenvalue weighted by Crippen LogP contribution is -2.49. The Morgan fingerprint density at radius 1 is 1.43 bits per heavy atom. The topological polar surface area (TPSA) is 106 Å². The number of carbonyl (C=O) groups is 3. The molecule has 1 aliphatic heterocycles. The van der Waals surface area contributed by atoms with Gasteiger partial charge in [-0.1, -0.05) is 20.8 Å². The number of nitrogens with one attached hydrogen (secondary N) is 1. The van der Waals surface area contributed by atoms with Gasteiger partial charge in [-0.15, -0.1) is 0 Å². The zero-order valence-corrected chi connectivity index (χ0v) is 12.4. The van der Waals surface area contributed by atoms with Crippen molar-refractivity contribution < 1.29 is 18.8 Å². The quantitative estimate of drug-likeness (QED) is 0.870. The number of nitrogens with two attached hydrogens (primary N) is 1. The van der Waals surface area contributed by atoms with Crippen LogP contribution in [0.4, 0.5) is 4.79 Å². The second-order valence-corrected chi connectivity index (χ2v) is 6.04. The summed E-state index contributed by atoms with van der Waals surface area (Å²) in [6.07, 6.45) is 0.261. The molecule has 0 aliphatic carbocycles. The van der Waals surface area contributed by atoms with Gasteiger partial charge >= 0.3 is 6.03 Å². The number of rotatable bonds is 3. The first-order valence-corrected chi connectivity index (χ1v) is 6.71. The molecule has 0 radical (unpaired) electrons. The first-order chi connectivity index (χ1) is 9.70. The standard InChI is InChI=1S/C14H19N3O4/c1-14(2,3)11-8(6-9(21-11)12(15)19)7-17-10(18)4-5-16-13(17)20/h6H,4-5,7H2,1-3H3,(H2,15,19)(H,16,20). The molecule has 1 fully saturated rings. The lowest BCUT2D eigenvalue weighted by atomic mass is 9.90. The molecule has 21 heavy (non-hydrogen) atoms. The average molecular weight is 293 g/mol. The highest BCUT2D eigenvalue weighted by atomic mass is 16.4. The molecule has 2 rings (SSSR count). The van der Waals surface area contributed by atoms with Crippen molar-refractivity contribution in [3.63, 3.8) is 0 Å². The second-order valence-electron chi connectivity index (χ2n) is 6.04. The average Bonchev–Trinajstić information content (AvgIpc) is 2.78. The number of hydrogen-bond acceptors (Lipinski definition) is 4. The molecule has 0 aromatic carbocycles. The lowest BCUT2D eigenvalue weighted by molar-refractivity contribution is -0.129. The van der Waals surface area contributed by atoms with E-state index in [0.717, 1.165) is 4.90 Å². The normalized spacial score (nSPS) is 16.0. The molecule has 2 heterocycles. The van der Waals surface area contributed by atoms with E-state index in [9.17, 15) is 14.4 Å². The lowest BCUT2D eigenvalue weighted by Gasteiger charge is -2.26. The molecule has 1 aliphatic rings. The zero-order valence-electron chi connectivity index (χ0n) is 12.4. The summed E-state index contributed by atoms with van der Waals surface area (Å²) >= 11 is 0. The summed E-state index contributed by atoms with van der Waals surface area (Å²) in [6.45, 7) is 6.15. The summed E-state index contributed by atoms with van der Waals surface area (Å²) in [5.41, 5.74) is 5.47. The fraction of sp³-hybridized carbons (Fsp3) is 0.500. The monoisotopic (exact) mass is 293 g/mol. The number of primary amides is 1. The van der Waals surface area contributed by atoms with Crippen molar-refractivity contribution in [2.75, 3.05) is 6.54 Å². The number of nitrogens with zero attached hydrogens (tertiary/aromatic N) is 1. The van der Waals surface area contributed by atoms with Crippen molar-refractivity contribution in [2.24, 2.45) is 5.73 Å². The summed E-state index contributed by atoms with van der Waals surface area (Å²) in [4.78, 5) is 36.0. The van der Waals surface area contributed by atoms with Gasteiger partial charge in [0.1, 0.15) is 5.76 Å². The number of imide groups is 1. The van der Waals surface area contributed by atoms with Gasteiger partial charge in [0.05, 0.1) is 6.54 Å². The van der Waals surface area contributed by atoms with Gasteiger partial charge in [-0.25, -0.2) is 4.79 Å². The highest BCUT2D eigenvalue weighted by molar-refractivity contribution is 5.96. The van der Waals surface area contributed by atoms with Crippen LogP contribution in [0.5, 0.6) is 0 Å². The first kappa shape index (κ1) is 15.1. The van der Waals surface area contributed by atoms with Crippen molar-refractivity contribution >= 4 is 17.8 Å². The van der Waals surface area contributed by atoms with E-state index in [1.165, 1.54) is 6.07 Å². The van der Waals surface area contributed by atoms with Gasteiger partial charge in [0.25, 0.3) is 5.91 Å². The molecule has 7 nitrogen and oxygen atoms in total. The number of amides is 4. The predicted molar refractivity (Wildman–Crippen MR) is 74.5 cm³/mol. The van der Waals surface area contributed by atoms with Crippen LogP contribution in [0, 0.1) is 0 Å². The highest BCUT2D eigenvalue weighted by Crippen LogP contribution is 2.30. The Morgan fingerprint density at radius 2 is 2.10 bits per heavy atom. The Labute approximate surface area is 122 Å². The van der Waals surface area contributed by atoms with Crippen molar-refractivity contribution in [3.05, 3.63) is 23.2 Å². The predicted octanol–water partition coefficient (Wildman–Crippen LogP) is 1.12. The molecule has 1 aromatic heterocycles. The minimum absolute atomic E-state index is 0.0276. The molecule has 0 saturated carbocycles. The number of hydrogen-bond donors (Lipinski definition) is 2. The van der Waals surface area contributed by atoms with E-state index in [0.29, 0.717) is 17.9 Å². The summed E-state index contributed by atoms with van der Waals surface area (Å²) < 4.78 is 5.51. The van der Waals surface area contributed by atoms with Crippen molar-refractivity contribution in [3.8, 4) is 0 Å². The van der Waals surface area contributed by atoms with E-state index in [1.54, 1.807) is 0 Å². The van der Waals surface area contributed by atoms with Crippen LogP contribution in [0.15, 0.2) is 10.5 Å². The van der Waals surface area contributed by atoms with Crippen molar-refractivity contribution in [1.82, 2.24) is 10.2 Å². The summed E-state index contributed by atoms with van der Waals surface area (Å²) in [5.74, 6) is -0.358. The first-order valence-electron chi connectivity index (χ1n) is 6.71. The molecule has 0 spiro atoms. The van der Waals surface area contributed by atoms with E-state index in [2.05, 4.69) is 5.32 Å². The maximum Gasteiger partial charge on any atom is 0.324 e. The molecule has 114 valence electrons. The van der Waals surface area contributed by atoms with Crippen LogP contribution < -0.4 is 11.1 Å². The van der Waals surface area contributed by atoms with Crippen LogP contribution in [0.3, 0.4) is 0 Å². The molecule has 0 unspecified atom stereocenters. The molecule has 1 aromatic rings. The van der Waals surface area contributed by atoms with E-state index in [1.807, 2.05) is 20.8 Å². The number of carbonyl (C=O) groups excluding carboxylic acids is 3. The second kappa shape index (κ2) is 5.23. The smallest absolute Gasteiger partial charge is 0.324 e. The van der Waals surface area contributed by atoms with Crippen LogP contribution in [0.25, 0.3) is 0 Å². The Kier molecular flexibility index (Phi) is 3.76. The molecule has 4 amide bonds. The molecular weight excluding hydrogens is 274 g/mol. The van der Waals surface area contributed by atoms with Gasteiger partial charge in [0, 0.05) is 23.9 Å². The number of urea groups is 1. The maximum atomic E-state index is 11.9. The number of furan rings is 1. The maximum absolute atomic E-state index is 11.9. The van der Waals surface area contributed by atoms with Crippen LogP contribution >= 0.6 is 0 Å². The molecule has 0 bridgehead atoms. The van der Waals surface area contributed by atoms with Crippen LogP contribution in [-0.2, 0) is 16.8 Å². The van der Waals surface area contributed by atoms with E-state index in [-0.39, 0.29) is 30.0 Å². The zero-order chi connectivity index (χ0) is 15.8. The summed E-state index contributed by atoms with van der Waals surface area (Å²) in [7, 11) is 0. The molecule has 7 heteroatoms. The Morgan fingerprint density at radius 3 is 2.62 bits per heavy atom. The largest absolute Gasteiger partial charge is 0.455 e. The minimum Gasteiger partial charge on any atom is -0.455 e. The fourth-order valence-electron chi connectivity index (χ4n) is 2.25. The summed E-state index contributed by atoms with van der Waals surface area (Å²) in [6, 6.07) is 1.06. The Hall–Kier alpha value is -2.31. The van der Waals surface area contributed by atoms with Gasteiger partial charge in [-0.3, -0.25) is 14.5 Å². The Bertz CT molecular complexity index is 582. The molecule has 1 saturated heterocycles. The third-order valence-electron chi connectivity index (χ3n) is 3.22. The van der Waals surface area contributed by atoms with Gasteiger partial charge in [0.15, 0.2) is 5.76 Å². The third-order valence-corrected chi connectivity index (χ3v) is 3.22. The van der Waals surface area contributed by atoms with Gasteiger partial charge in [-0.05, 0) is 6.07 Å².